The van der Waals surface area contributed by atoms with Crippen LogP contribution in [-0.4, -0.2) is 64.0 Å². The minimum absolute atomic E-state index is 0.0232. The van der Waals surface area contributed by atoms with E-state index in [1.54, 1.807) is 13.0 Å². The van der Waals surface area contributed by atoms with Gasteiger partial charge in [0.15, 0.2) is 0 Å². The molecule has 5 rings (SSSR count). The fraction of sp³-hybridized carbons (Fsp3) is 0.542. The number of hydrogen-bond acceptors (Lipinski definition) is 7. The number of piperidine rings is 2. The third-order valence-corrected chi connectivity index (χ3v) is 7.11. The molecule has 0 bridgehead atoms. The highest BCUT2D eigenvalue weighted by molar-refractivity contribution is 6.23. The number of carbonyl (C=O) groups is 3. The Morgan fingerprint density at radius 2 is 1.91 bits per heavy atom. The van der Waals surface area contributed by atoms with E-state index in [4.69, 9.17) is 4.63 Å². The number of aromatic nitrogens is 2. The number of benzene rings is 1. The van der Waals surface area contributed by atoms with Crippen molar-refractivity contribution in [2.45, 2.75) is 46.1 Å². The van der Waals surface area contributed by atoms with Gasteiger partial charge in [-0.15, -0.1) is 0 Å². The zero-order valence-electron chi connectivity index (χ0n) is 19.1. The third-order valence-electron chi connectivity index (χ3n) is 7.11. The Kier molecular flexibility index (Phi) is 5.64. The standard InChI is InChI=1S/C24H29N5O4/c1-15-6-4-11-28(12-15)22(30)17-7-5-10-27(13-17)20-9-3-8-18-21(20)24(32)29(23(18)31)14-19-16(2)25-33-26-19/h3,8-9,15,17H,4-7,10-14H2,1-2H3/t15-,17+/m0/s1. The van der Waals surface area contributed by atoms with Crippen molar-refractivity contribution in [2.75, 3.05) is 31.1 Å². The van der Waals surface area contributed by atoms with Crippen molar-refractivity contribution in [2.24, 2.45) is 11.8 Å². The molecule has 2 saturated heterocycles. The Labute approximate surface area is 192 Å². The smallest absolute Gasteiger partial charge is 0.264 e. The van der Waals surface area contributed by atoms with E-state index >= 15 is 0 Å². The summed E-state index contributed by atoms with van der Waals surface area (Å²) in [5.41, 5.74) is 2.55. The molecule has 9 nitrogen and oxygen atoms in total. The molecule has 0 aliphatic carbocycles. The van der Waals surface area contributed by atoms with Crippen LogP contribution in [0.5, 0.6) is 0 Å². The van der Waals surface area contributed by atoms with Crippen molar-refractivity contribution >= 4 is 23.4 Å². The van der Waals surface area contributed by atoms with E-state index in [9.17, 15) is 14.4 Å². The van der Waals surface area contributed by atoms with Gasteiger partial charge in [0.1, 0.15) is 11.4 Å². The summed E-state index contributed by atoms with van der Waals surface area (Å²) in [7, 11) is 0. The number of hydrogen-bond donors (Lipinski definition) is 0. The first-order valence-electron chi connectivity index (χ1n) is 11.7. The molecule has 0 radical (unpaired) electrons. The summed E-state index contributed by atoms with van der Waals surface area (Å²) in [4.78, 5) is 44.9. The van der Waals surface area contributed by atoms with Crippen LogP contribution < -0.4 is 4.90 Å². The Hall–Kier alpha value is -3.23. The molecule has 2 fully saturated rings. The second kappa shape index (κ2) is 8.61. The largest absolute Gasteiger partial charge is 0.370 e. The van der Waals surface area contributed by atoms with E-state index in [1.807, 2.05) is 17.0 Å². The van der Waals surface area contributed by atoms with E-state index in [-0.39, 0.29) is 30.2 Å². The van der Waals surface area contributed by atoms with E-state index in [1.165, 1.54) is 11.3 Å². The van der Waals surface area contributed by atoms with Gasteiger partial charge in [-0.1, -0.05) is 23.3 Å². The average Bonchev–Trinajstić information content (AvgIpc) is 3.34. The Morgan fingerprint density at radius 1 is 1.09 bits per heavy atom. The van der Waals surface area contributed by atoms with E-state index in [0.29, 0.717) is 35.0 Å². The molecule has 33 heavy (non-hydrogen) atoms. The lowest BCUT2D eigenvalue weighted by atomic mass is 9.93. The summed E-state index contributed by atoms with van der Waals surface area (Å²) < 4.78 is 4.72. The quantitative estimate of drug-likeness (QED) is 0.659. The molecular weight excluding hydrogens is 422 g/mol. The highest BCUT2D eigenvalue weighted by atomic mass is 16.6. The van der Waals surface area contributed by atoms with Crippen LogP contribution in [0.3, 0.4) is 0 Å². The normalized spacial score (nSPS) is 23.3. The molecule has 0 unspecified atom stereocenters. The topological polar surface area (TPSA) is 99.8 Å². The molecule has 0 spiro atoms. The fourth-order valence-electron chi connectivity index (χ4n) is 5.31. The van der Waals surface area contributed by atoms with Crippen molar-refractivity contribution < 1.29 is 19.0 Å². The number of rotatable bonds is 4. The summed E-state index contributed by atoms with van der Waals surface area (Å²) in [5.74, 6) is -0.0145. The summed E-state index contributed by atoms with van der Waals surface area (Å²) >= 11 is 0. The van der Waals surface area contributed by atoms with Gasteiger partial charge in [0.05, 0.1) is 29.3 Å². The van der Waals surface area contributed by atoms with Crippen molar-refractivity contribution in [1.82, 2.24) is 20.1 Å². The first kappa shape index (κ1) is 21.6. The van der Waals surface area contributed by atoms with Crippen LogP contribution in [0, 0.1) is 18.8 Å². The molecule has 4 heterocycles. The lowest BCUT2D eigenvalue weighted by Gasteiger charge is -2.38. The van der Waals surface area contributed by atoms with Gasteiger partial charge in [-0.25, -0.2) is 4.63 Å². The zero-order valence-corrected chi connectivity index (χ0v) is 19.1. The maximum atomic E-state index is 13.3. The number of anilines is 1. The maximum Gasteiger partial charge on any atom is 0.264 e. The van der Waals surface area contributed by atoms with Crippen LogP contribution in [0.4, 0.5) is 5.69 Å². The summed E-state index contributed by atoms with van der Waals surface area (Å²) in [6.07, 6.45) is 3.96. The van der Waals surface area contributed by atoms with Gasteiger partial charge in [-0.3, -0.25) is 19.3 Å². The van der Waals surface area contributed by atoms with E-state index in [2.05, 4.69) is 22.1 Å². The molecule has 174 valence electrons. The number of fused-ring (bicyclic) bond motifs is 1. The van der Waals surface area contributed by atoms with Gasteiger partial charge >= 0.3 is 0 Å². The van der Waals surface area contributed by atoms with Crippen LogP contribution in [0.25, 0.3) is 0 Å². The molecule has 1 aromatic heterocycles. The van der Waals surface area contributed by atoms with Crippen molar-refractivity contribution in [3.05, 3.63) is 40.7 Å². The molecule has 9 heteroatoms. The van der Waals surface area contributed by atoms with E-state index in [0.717, 1.165) is 44.6 Å². The Morgan fingerprint density at radius 3 is 2.67 bits per heavy atom. The second-order valence-corrected chi connectivity index (χ2v) is 9.51. The van der Waals surface area contributed by atoms with Gasteiger partial charge < -0.3 is 9.80 Å². The van der Waals surface area contributed by atoms with Crippen LogP contribution >= 0.6 is 0 Å². The van der Waals surface area contributed by atoms with Crippen LogP contribution in [0.15, 0.2) is 22.8 Å². The number of aryl methyl sites for hydroxylation is 1. The molecular formula is C24H29N5O4. The third kappa shape index (κ3) is 3.89. The maximum absolute atomic E-state index is 13.3. The first-order chi connectivity index (χ1) is 15.9. The highest BCUT2D eigenvalue weighted by Crippen LogP contribution is 2.35. The summed E-state index contributed by atoms with van der Waals surface area (Å²) in [6, 6.07) is 5.38. The molecule has 0 N–H and O–H groups in total. The summed E-state index contributed by atoms with van der Waals surface area (Å²) in [6.45, 7) is 6.93. The predicted octanol–water partition coefficient (Wildman–Crippen LogP) is 2.65. The van der Waals surface area contributed by atoms with Gasteiger partial charge in [-0.2, -0.15) is 0 Å². The molecule has 3 amide bonds. The summed E-state index contributed by atoms with van der Waals surface area (Å²) in [5, 5.41) is 7.55. The van der Waals surface area contributed by atoms with Gasteiger partial charge in [0, 0.05) is 26.2 Å². The molecule has 2 atom stereocenters. The number of likely N-dealkylation sites (tertiary alicyclic amines) is 1. The minimum atomic E-state index is -0.341. The van der Waals surface area contributed by atoms with Crippen molar-refractivity contribution in [3.63, 3.8) is 0 Å². The molecule has 2 aromatic rings. The lowest BCUT2D eigenvalue weighted by molar-refractivity contribution is -0.137. The van der Waals surface area contributed by atoms with Crippen molar-refractivity contribution in [3.8, 4) is 0 Å². The Bertz CT molecular complexity index is 1100. The zero-order chi connectivity index (χ0) is 23.1. The van der Waals surface area contributed by atoms with Gasteiger partial charge in [0.2, 0.25) is 5.91 Å². The fourth-order valence-corrected chi connectivity index (χ4v) is 5.31. The number of amides is 3. The number of nitrogens with zero attached hydrogens (tertiary/aromatic N) is 5. The SMILES string of the molecule is Cc1nonc1CN1C(=O)c2cccc(N3CCC[C@@H](C(=O)N4CCC[C@H](C)C4)C3)c2C1=O. The monoisotopic (exact) mass is 451 g/mol. The Balaban J connectivity index is 1.37. The lowest BCUT2D eigenvalue weighted by Crippen LogP contribution is -2.48. The first-order valence-corrected chi connectivity index (χ1v) is 11.7. The molecule has 3 aliphatic rings. The predicted molar refractivity (Wildman–Crippen MR) is 120 cm³/mol. The second-order valence-electron chi connectivity index (χ2n) is 9.51. The van der Waals surface area contributed by atoms with Crippen LogP contribution in [-0.2, 0) is 11.3 Å². The molecule has 0 saturated carbocycles. The van der Waals surface area contributed by atoms with Crippen LogP contribution in [0.1, 0.15) is 64.7 Å². The van der Waals surface area contributed by atoms with Gasteiger partial charge in [0.25, 0.3) is 11.8 Å². The highest BCUT2D eigenvalue weighted by Gasteiger charge is 2.40. The minimum Gasteiger partial charge on any atom is -0.370 e. The van der Waals surface area contributed by atoms with Crippen molar-refractivity contribution in [1.29, 1.82) is 0 Å². The number of carbonyl (C=O) groups excluding carboxylic acids is 3. The van der Waals surface area contributed by atoms with Gasteiger partial charge in [-0.05, 0) is 50.7 Å². The van der Waals surface area contributed by atoms with E-state index < -0.39 is 0 Å². The van der Waals surface area contributed by atoms with Crippen LogP contribution in [0.2, 0.25) is 0 Å². The average molecular weight is 452 g/mol. The molecule has 3 aliphatic heterocycles. The molecule has 1 aromatic carbocycles. The number of imide groups is 1.